The Morgan fingerprint density at radius 1 is 0.806 bits per heavy atom. The van der Waals surface area contributed by atoms with Crippen LogP contribution in [0.25, 0.3) is 0 Å². The van der Waals surface area contributed by atoms with Gasteiger partial charge in [0.05, 0.1) is 6.61 Å². The molecule has 0 radical (unpaired) electrons. The maximum atomic E-state index is 14.5. The van der Waals surface area contributed by atoms with Gasteiger partial charge in [0.15, 0.2) is 11.5 Å². The Morgan fingerprint density at radius 3 is 2.10 bits per heavy atom. The number of benzene rings is 1. The number of hydrogen-bond acceptors (Lipinski definition) is 2. The first-order valence-electron chi connectivity index (χ1n) is 12.6. The lowest BCUT2D eigenvalue weighted by atomic mass is 9.71. The smallest absolute Gasteiger partial charge is 0.204 e. The summed E-state index contributed by atoms with van der Waals surface area (Å²) in [6.07, 6.45) is 17.1. The average Bonchev–Trinajstić information content (AvgIpc) is 3.33. The summed E-state index contributed by atoms with van der Waals surface area (Å²) < 4.78 is 40.1. The molecular formula is C27H38F2O2. The standard InChI is InChI=1S/C27H38F2O2/c1-2-19-7-11-22(12-8-19)23-13-9-21(10-14-23)18-31-25-16-15-24(26(28)27(25)29)30-17-20-5-3-4-6-20/h9,15-16,19-20,22-23H,2-8,10-14,17-18H2,1H3. The second kappa shape index (κ2) is 10.8. The van der Waals surface area contributed by atoms with Crippen molar-refractivity contribution in [3.63, 3.8) is 0 Å². The van der Waals surface area contributed by atoms with E-state index in [1.165, 1.54) is 69.1 Å². The van der Waals surface area contributed by atoms with Gasteiger partial charge in [0.2, 0.25) is 11.6 Å². The zero-order valence-electron chi connectivity index (χ0n) is 19.0. The molecule has 0 saturated heterocycles. The van der Waals surface area contributed by atoms with Gasteiger partial charge in [0.25, 0.3) is 0 Å². The highest BCUT2D eigenvalue weighted by Crippen LogP contribution is 2.40. The lowest BCUT2D eigenvalue weighted by Crippen LogP contribution is -2.23. The minimum absolute atomic E-state index is 0.00531. The molecule has 31 heavy (non-hydrogen) atoms. The monoisotopic (exact) mass is 432 g/mol. The first kappa shape index (κ1) is 22.6. The number of halogens is 2. The van der Waals surface area contributed by atoms with Gasteiger partial charge in [-0.2, -0.15) is 8.78 Å². The summed E-state index contributed by atoms with van der Waals surface area (Å²) in [6, 6.07) is 3.00. The molecule has 0 heterocycles. The van der Waals surface area contributed by atoms with Gasteiger partial charge in [-0.25, -0.2) is 0 Å². The van der Waals surface area contributed by atoms with Gasteiger partial charge in [-0.1, -0.05) is 45.1 Å². The lowest BCUT2D eigenvalue weighted by Gasteiger charge is -2.35. The number of ether oxygens (including phenoxy) is 2. The van der Waals surface area contributed by atoms with Crippen LogP contribution in [0.5, 0.6) is 11.5 Å². The van der Waals surface area contributed by atoms with Crippen molar-refractivity contribution >= 4 is 0 Å². The SMILES string of the molecule is CCC1CCC(C2CC=C(COc3ccc(OCC4CCCC4)c(F)c3F)CC2)CC1. The van der Waals surface area contributed by atoms with Crippen molar-refractivity contribution < 1.29 is 18.3 Å². The van der Waals surface area contributed by atoms with Crippen molar-refractivity contribution in [3.8, 4) is 11.5 Å². The van der Waals surface area contributed by atoms with Crippen molar-refractivity contribution in [1.29, 1.82) is 0 Å². The lowest BCUT2D eigenvalue weighted by molar-refractivity contribution is 0.187. The zero-order chi connectivity index (χ0) is 21.6. The summed E-state index contributed by atoms with van der Waals surface area (Å²) in [6.45, 7) is 3.12. The summed E-state index contributed by atoms with van der Waals surface area (Å²) in [5.74, 6) is 1.15. The van der Waals surface area contributed by atoms with Gasteiger partial charge >= 0.3 is 0 Å². The van der Waals surface area contributed by atoms with Crippen molar-refractivity contribution in [2.24, 2.45) is 23.7 Å². The molecule has 4 heteroatoms. The minimum atomic E-state index is -0.939. The molecule has 0 amide bonds. The highest BCUT2D eigenvalue weighted by Gasteiger charge is 2.28. The van der Waals surface area contributed by atoms with Crippen LogP contribution in [0.15, 0.2) is 23.8 Å². The topological polar surface area (TPSA) is 18.5 Å². The fraction of sp³-hybridized carbons (Fsp3) is 0.704. The Hall–Kier alpha value is -1.58. The molecule has 3 aliphatic carbocycles. The molecule has 1 atom stereocenters. The number of allylic oxidation sites excluding steroid dienone is 1. The molecule has 2 fully saturated rings. The van der Waals surface area contributed by atoms with Gasteiger partial charge in [0.1, 0.15) is 6.61 Å². The summed E-state index contributed by atoms with van der Waals surface area (Å²) in [5, 5.41) is 0. The van der Waals surface area contributed by atoms with Gasteiger partial charge in [-0.15, -0.1) is 0 Å². The molecule has 3 aliphatic rings. The summed E-state index contributed by atoms with van der Waals surface area (Å²) in [5.41, 5.74) is 1.21. The van der Waals surface area contributed by atoms with Crippen LogP contribution in [0.2, 0.25) is 0 Å². The van der Waals surface area contributed by atoms with E-state index < -0.39 is 11.6 Å². The van der Waals surface area contributed by atoms with E-state index >= 15 is 0 Å². The first-order valence-corrected chi connectivity index (χ1v) is 12.6. The Kier molecular flexibility index (Phi) is 7.90. The van der Waals surface area contributed by atoms with Crippen molar-refractivity contribution in [3.05, 3.63) is 35.4 Å². The molecule has 0 aromatic heterocycles. The Bertz CT molecular complexity index is 746. The fourth-order valence-electron chi connectivity index (χ4n) is 5.83. The molecule has 2 nitrogen and oxygen atoms in total. The highest BCUT2D eigenvalue weighted by atomic mass is 19.2. The van der Waals surface area contributed by atoms with Crippen LogP contribution >= 0.6 is 0 Å². The van der Waals surface area contributed by atoms with E-state index in [0.29, 0.717) is 19.1 Å². The van der Waals surface area contributed by atoms with Crippen LogP contribution in [0.3, 0.4) is 0 Å². The van der Waals surface area contributed by atoms with Crippen LogP contribution in [-0.4, -0.2) is 13.2 Å². The molecule has 0 bridgehead atoms. The predicted octanol–water partition coefficient (Wildman–Crippen LogP) is 7.86. The average molecular weight is 433 g/mol. The molecule has 0 spiro atoms. The van der Waals surface area contributed by atoms with E-state index in [2.05, 4.69) is 13.0 Å². The molecule has 0 N–H and O–H groups in total. The van der Waals surface area contributed by atoms with Gasteiger partial charge < -0.3 is 9.47 Å². The molecular weight excluding hydrogens is 394 g/mol. The Morgan fingerprint density at radius 2 is 1.48 bits per heavy atom. The van der Waals surface area contributed by atoms with Gasteiger partial charge in [0, 0.05) is 0 Å². The largest absolute Gasteiger partial charge is 0.490 e. The predicted molar refractivity (Wildman–Crippen MR) is 120 cm³/mol. The first-order chi connectivity index (χ1) is 15.1. The molecule has 2 saturated carbocycles. The maximum Gasteiger partial charge on any atom is 0.204 e. The van der Waals surface area contributed by atoms with E-state index in [9.17, 15) is 8.78 Å². The molecule has 1 unspecified atom stereocenters. The van der Waals surface area contributed by atoms with Crippen LogP contribution < -0.4 is 9.47 Å². The van der Waals surface area contributed by atoms with Crippen LogP contribution in [0.1, 0.15) is 84.0 Å². The Balaban J connectivity index is 1.25. The van der Waals surface area contributed by atoms with Gasteiger partial charge in [-0.05, 0) is 86.3 Å². The molecule has 0 aliphatic heterocycles. The highest BCUT2D eigenvalue weighted by molar-refractivity contribution is 5.35. The summed E-state index contributed by atoms with van der Waals surface area (Å²) in [7, 11) is 0. The van der Waals surface area contributed by atoms with E-state index in [4.69, 9.17) is 9.47 Å². The molecule has 1 aromatic rings. The van der Waals surface area contributed by atoms with E-state index in [1.54, 1.807) is 0 Å². The van der Waals surface area contributed by atoms with Crippen LogP contribution in [0.4, 0.5) is 8.78 Å². The minimum Gasteiger partial charge on any atom is -0.490 e. The quantitative estimate of drug-likeness (QED) is 0.389. The normalized spacial score (nSPS) is 27.2. The third-order valence-corrected chi connectivity index (χ3v) is 8.05. The molecule has 172 valence electrons. The van der Waals surface area contributed by atoms with E-state index in [-0.39, 0.29) is 11.5 Å². The summed E-state index contributed by atoms with van der Waals surface area (Å²) in [4.78, 5) is 0. The van der Waals surface area contributed by atoms with Crippen LogP contribution in [-0.2, 0) is 0 Å². The number of rotatable bonds is 8. The van der Waals surface area contributed by atoms with Gasteiger partial charge in [-0.3, -0.25) is 0 Å². The van der Waals surface area contributed by atoms with Crippen molar-refractivity contribution in [1.82, 2.24) is 0 Å². The number of hydrogen-bond donors (Lipinski definition) is 0. The molecule has 4 rings (SSSR count). The van der Waals surface area contributed by atoms with Crippen molar-refractivity contribution in [2.45, 2.75) is 84.0 Å². The second-order valence-corrected chi connectivity index (χ2v) is 10.0. The maximum absolute atomic E-state index is 14.5. The fourth-order valence-corrected chi connectivity index (χ4v) is 5.83. The third-order valence-electron chi connectivity index (χ3n) is 8.05. The summed E-state index contributed by atoms with van der Waals surface area (Å²) >= 11 is 0. The van der Waals surface area contributed by atoms with Crippen LogP contribution in [0, 0.1) is 35.3 Å². The third kappa shape index (κ3) is 5.81. The second-order valence-electron chi connectivity index (χ2n) is 10.0. The van der Waals surface area contributed by atoms with E-state index in [0.717, 1.165) is 43.4 Å². The molecule has 1 aromatic carbocycles. The Labute approximate surface area is 186 Å². The van der Waals surface area contributed by atoms with E-state index in [1.807, 2.05) is 0 Å². The van der Waals surface area contributed by atoms with Crippen molar-refractivity contribution in [2.75, 3.05) is 13.2 Å². The zero-order valence-corrected chi connectivity index (χ0v) is 19.0.